The van der Waals surface area contributed by atoms with E-state index in [1.54, 1.807) is 21.3 Å². The summed E-state index contributed by atoms with van der Waals surface area (Å²) < 4.78 is 16.5. The number of rotatable bonds is 6. The van der Waals surface area contributed by atoms with Crippen LogP contribution >= 0.6 is 0 Å². The molecule has 1 saturated heterocycles. The first-order valence-corrected chi connectivity index (χ1v) is 11.1. The Labute approximate surface area is 184 Å². The van der Waals surface area contributed by atoms with Crippen LogP contribution in [-0.4, -0.2) is 63.2 Å². The van der Waals surface area contributed by atoms with Crippen molar-refractivity contribution < 1.29 is 19.0 Å². The molecular formula is C25H32N2O4. The van der Waals surface area contributed by atoms with Gasteiger partial charge in [-0.25, -0.2) is 0 Å². The Morgan fingerprint density at radius 3 is 2.23 bits per heavy atom. The average molecular weight is 425 g/mol. The summed E-state index contributed by atoms with van der Waals surface area (Å²) in [4.78, 5) is 17.4. The van der Waals surface area contributed by atoms with E-state index in [1.807, 2.05) is 23.1 Å². The Morgan fingerprint density at radius 1 is 0.839 bits per heavy atom. The predicted molar refractivity (Wildman–Crippen MR) is 120 cm³/mol. The van der Waals surface area contributed by atoms with Crippen molar-refractivity contribution in [2.75, 3.05) is 47.5 Å². The SMILES string of the molecule is COc1ccc(CN2CCN(C(=O)c3ccc4c(c3)CCCC4)CC2)c(OC)c1OC. The molecule has 2 aliphatic rings. The highest BCUT2D eigenvalue weighted by molar-refractivity contribution is 5.94. The molecule has 1 aliphatic carbocycles. The number of nitrogens with zero attached hydrogens (tertiary/aromatic N) is 2. The molecule has 0 spiro atoms. The van der Waals surface area contributed by atoms with Gasteiger partial charge in [0, 0.05) is 43.9 Å². The van der Waals surface area contributed by atoms with Gasteiger partial charge in [-0.2, -0.15) is 0 Å². The monoisotopic (exact) mass is 424 g/mol. The van der Waals surface area contributed by atoms with Crippen LogP contribution < -0.4 is 14.2 Å². The molecule has 166 valence electrons. The number of carbonyl (C=O) groups excluding carboxylic acids is 1. The molecule has 0 saturated carbocycles. The summed E-state index contributed by atoms with van der Waals surface area (Å²) in [6.45, 7) is 3.85. The van der Waals surface area contributed by atoms with E-state index in [0.29, 0.717) is 17.2 Å². The first-order valence-electron chi connectivity index (χ1n) is 11.1. The van der Waals surface area contributed by atoms with Crippen molar-refractivity contribution in [3.63, 3.8) is 0 Å². The van der Waals surface area contributed by atoms with Gasteiger partial charge >= 0.3 is 0 Å². The van der Waals surface area contributed by atoms with E-state index < -0.39 is 0 Å². The normalized spacial score (nSPS) is 16.5. The molecule has 1 heterocycles. The molecule has 0 atom stereocenters. The van der Waals surface area contributed by atoms with Gasteiger partial charge in [-0.15, -0.1) is 0 Å². The van der Waals surface area contributed by atoms with Gasteiger partial charge in [0.2, 0.25) is 5.75 Å². The molecule has 1 aliphatic heterocycles. The Bertz CT molecular complexity index is 935. The van der Waals surface area contributed by atoms with Crippen molar-refractivity contribution in [1.82, 2.24) is 9.80 Å². The van der Waals surface area contributed by atoms with E-state index in [0.717, 1.165) is 56.7 Å². The number of carbonyl (C=O) groups is 1. The lowest BCUT2D eigenvalue weighted by Crippen LogP contribution is -2.48. The summed E-state index contributed by atoms with van der Waals surface area (Å²) in [6, 6.07) is 10.2. The minimum atomic E-state index is 0.150. The summed E-state index contributed by atoms with van der Waals surface area (Å²) in [6.07, 6.45) is 4.72. The van der Waals surface area contributed by atoms with Crippen LogP contribution in [-0.2, 0) is 19.4 Å². The van der Waals surface area contributed by atoms with Crippen molar-refractivity contribution in [3.05, 3.63) is 52.6 Å². The van der Waals surface area contributed by atoms with E-state index in [-0.39, 0.29) is 5.91 Å². The Kier molecular flexibility index (Phi) is 6.66. The van der Waals surface area contributed by atoms with Crippen molar-refractivity contribution in [2.45, 2.75) is 32.2 Å². The van der Waals surface area contributed by atoms with Crippen molar-refractivity contribution >= 4 is 5.91 Å². The largest absolute Gasteiger partial charge is 0.493 e. The minimum Gasteiger partial charge on any atom is -0.493 e. The van der Waals surface area contributed by atoms with E-state index >= 15 is 0 Å². The highest BCUT2D eigenvalue weighted by atomic mass is 16.5. The van der Waals surface area contributed by atoms with Gasteiger partial charge in [0.25, 0.3) is 5.91 Å². The molecule has 1 amide bonds. The van der Waals surface area contributed by atoms with Crippen LogP contribution in [0, 0.1) is 0 Å². The Morgan fingerprint density at radius 2 is 1.55 bits per heavy atom. The topological polar surface area (TPSA) is 51.2 Å². The second-order valence-corrected chi connectivity index (χ2v) is 8.25. The molecular weight excluding hydrogens is 392 g/mol. The molecule has 0 unspecified atom stereocenters. The highest BCUT2D eigenvalue weighted by Gasteiger charge is 2.25. The first-order chi connectivity index (χ1) is 15.1. The van der Waals surface area contributed by atoms with Crippen molar-refractivity contribution in [2.24, 2.45) is 0 Å². The van der Waals surface area contributed by atoms with Crippen LogP contribution in [0.5, 0.6) is 17.2 Å². The third-order valence-electron chi connectivity index (χ3n) is 6.43. The summed E-state index contributed by atoms with van der Waals surface area (Å²) in [5.74, 6) is 2.12. The predicted octanol–water partition coefficient (Wildman–Crippen LogP) is 3.55. The quantitative estimate of drug-likeness (QED) is 0.710. The van der Waals surface area contributed by atoms with E-state index in [9.17, 15) is 4.79 Å². The molecule has 0 radical (unpaired) electrons. The molecule has 6 nitrogen and oxygen atoms in total. The summed E-state index contributed by atoms with van der Waals surface area (Å²) in [5.41, 5.74) is 4.65. The zero-order valence-corrected chi connectivity index (χ0v) is 18.8. The maximum absolute atomic E-state index is 13.1. The van der Waals surface area contributed by atoms with Gasteiger partial charge in [0.05, 0.1) is 21.3 Å². The number of hydrogen-bond acceptors (Lipinski definition) is 5. The third kappa shape index (κ3) is 4.49. The second-order valence-electron chi connectivity index (χ2n) is 8.25. The average Bonchev–Trinajstić information content (AvgIpc) is 2.83. The Hall–Kier alpha value is -2.73. The number of benzene rings is 2. The van der Waals surface area contributed by atoms with Crippen LogP contribution in [0.3, 0.4) is 0 Å². The zero-order chi connectivity index (χ0) is 21.8. The lowest BCUT2D eigenvalue weighted by molar-refractivity contribution is 0.0627. The van der Waals surface area contributed by atoms with Crippen LogP contribution in [0.1, 0.15) is 39.9 Å². The summed E-state index contributed by atoms with van der Waals surface area (Å²) >= 11 is 0. The maximum atomic E-state index is 13.1. The number of methoxy groups -OCH3 is 3. The van der Waals surface area contributed by atoms with E-state index in [2.05, 4.69) is 17.0 Å². The van der Waals surface area contributed by atoms with Gasteiger partial charge < -0.3 is 19.1 Å². The van der Waals surface area contributed by atoms with Crippen LogP contribution in [0.25, 0.3) is 0 Å². The van der Waals surface area contributed by atoms with Crippen molar-refractivity contribution in [1.29, 1.82) is 0 Å². The second kappa shape index (κ2) is 9.60. The molecule has 2 aromatic rings. The van der Waals surface area contributed by atoms with Crippen LogP contribution in [0.4, 0.5) is 0 Å². The lowest BCUT2D eigenvalue weighted by Gasteiger charge is -2.35. The van der Waals surface area contributed by atoms with Crippen LogP contribution in [0.15, 0.2) is 30.3 Å². The molecule has 31 heavy (non-hydrogen) atoms. The van der Waals surface area contributed by atoms with Gasteiger partial charge in [-0.05, 0) is 55.0 Å². The summed E-state index contributed by atoms with van der Waals surface area (Å²) in [7, 11) is 4.89. The number of ether oxygens (including phenoxy) is 3. The Balaban J connectivity index is 1.40. The number of aryl methyl sites for hydroxylation is 2. The number of amides is 1. The third-order valence-corrected chi connectivity index (χ3v) is 6.43. The standard InChI is InChI=1S/C25H32N2O4/c1-29-22-11-10-21(23(30-2)24(22)31-3)17-26-12-14-27(15-13-26)25(28)20-9-8-18-6-4-5-7-19(18)16-20/h8-11,16H,4-7,12-15,17H2,1-3H3. The number of piperazine rings is 1. The molecule has 4 rings (SSSR count). The highest BCUT2D eigenvalue weighted by Crippen LogP contribution is 2.40. The van der Waals surface area contributed by atoms with Gasteiger partial charge in [-0.1, -0.05) is 12.1 Å². The smallest absolute Gasteiger partial charge is 0.253 e. The van der Waals surface area contributed by atoms with E-state index in [1.165, 1.54) is 24.0 Å². The molecule has 0 N–H and O–H groups in total. The van der Waals surface area contributed by atoms with Gasteiger partial charge in [-0.3, -0.25) is 9.69 Å². The molecule has 2 aromatic carbocycles. The van der Waals surface area contributed by atoms with E-state index in [4.69, 9.17) is 14.2 Å². The fourth-order valence-corrected chi connectivity index (χ4v) is 4.69. The fraction of sp³-hybridized carbons (Fsp3) is 0.480. The maximum Gasteiger partial charge on any atom is 0.253 e. The minimum absolute atomic E-state index is 0.150. The van der Waals surface area contributed by atoms with Crippen molar-refractivity contribution in [3.8, 4) is 17.2 Å². The fourth-order valence-electron chi connectivity index (χ4n) is 4.69. The molecule has 1 fully saturated rings. The molecule has 6 heteroatoms. The van der Waals surface area contributed by atoms with Gasteiger partial charge in [0.1, 0.15) is 0 Å². The van der Waals surface area contributed by atoms with Gasteiger partial charge in [0.15, 0.2) is 11.5 Å². The number of fused-ring (bicyclic) bond motifs is 1. The lowest BCUT2D eigenvalue weighted by atomic mass is 9.90. The first kappa shape index (κ1) is 21.5. The number of hydrogen-bond donors (Lipinski definition) is 0. The molecule has 0 bridgehead atoms. The van der Waals surface area contributed by atoms with Crippen LogP contribution in [0.2, 0.25) is 0 Å². The zero-order valence-electron chi connectivity index (χ0n) is 18.8. The molecule has 0 aromatic heterocycles. The summed E-state index contributed by atoms with van der Waals surface area (Å²) in [5, 5.41) is 0.